The Balaban J connectivity index is 2.17. The molecule has 0 aliphatic carbocycles. The van der Waals surface area contributed by atoms with Crippen molar-refractivity contribution in [1.29, 1.82) is 0 Å². The van der Waals surface area contributed by atoms with Gasteiger partial charge in [-0.25, -0.2) is 13.1 Å². The fourth-order valence-corrected chi connectivity index (χ4v) is 4.23. The Morgan fingerprint density at radius 2 is 1.86 bits per heavy atom. The number of aliphatic imine (C=N–C) groups is 1. The Hall–Kier alpha value is -2.16. The van der Waals surface area contributed by atoms with Gasteiger partial charge in [0.05, 0.1) is 16.8 Å². The second-order valence-electron chi connectivity index (χ2n) is 7.02. The maximum absolute atomic E-state index is 12.8. The highest BCUT2D eigenvalue weighted by atomic mass is 35.5. The largest absolute Gasteiger partial charge is 0.386 e. The molecule has 158 valence electrons. The number of carbonyl (C=O) groups is 1. The molecule has 0 aromatic heterocycles. The van der Waals surface area contributed by atoms with Crippen molar-refractivity contribution in [1.82, 2.24) is 4.72 Å². The highest BCUT2D eigenvalue weighted by Crippen LogP contribution is 2.24. The first-order chi connectivity index (χ1) is 13.6. The van der Waals surface area contributed by atoms with Gasteiger partial charge in [0.1, 0.15) is 11.6 Å². The van der Waals surface area contributed by atoms with Gasteiger partial charge in [0, 0.05) is 26.3 Å². The lowest BCUT2D eigenvalue weighted by atomic mass is 10.1. The predicted molar refractivity (Wildman–Crippen MR) is 120 cm³/mol. The van der Waals surface area contributed by atoms with Crippen LogP contribution in [0, 0.1) is 0 Å². The molecule has 3 N–H and O–H groups in total. The van der Waals surface area contributed by atoms with Crippen LogP contribution < -0.4 is 15.4 Å². The number of hydrogen-bond donors (Lipinski definition) is 2. The molecular weight excluding hydrogens is 412 g/mol. The quantitative estimate of drug-likeness (QED) is 0.256. The van der Waals surface area contributed by atoms with Crippen LogP contribution in [-0.4, -0.2) is 52.6 Å². The van der Waals surface area contributed by atoms with E-state index >= 15 is 0 Å². The molecule has 2 aromatic carbocycles. The van der Waals surface area contributed by atoms with E-state index in [4.69, 9.17) is 17.3 Å². The van der Waals surface area contributed by atoms with E-state index in [0.717, 1.165) is 16.5 Å². The topological polar surface area (TPSA) is 105 Å². The van der Waals surface area contributed by atoms with Crippen molar-refractivity contribution < 1.29 is 13.2 Å². The molecule has 0 amide bonds. The number of anilines is 1. The molecule has 2 aromatic rings. The summed E-state index contributed by atoms with van der Waals surface area (Å²) in [6, 6.07) is 9.91. The Labute approximate surface area is 177 Å². The molecule has 0 aliphatic rings. The summed E-state index contributed by atoms with van der Waals surface area (Å²) in [5.41, 5.74) is 6.56. The first-order valence-corrected chi connectivity index (χ1v) is 11.2. The highest BCUT2D eigenvalue weighted by molar-refractivity contribution is 7.89. The Morgan fingerprint density at radius 3 is 2.48 bits per heavy atom. The zero-order valence-electron chi connectivity index (χ0n) is 16.9. The first kappa shape index (κ1) is 23.1. The number of benzene rings is 2. The number of ketones is 1. The maximum atomic E-state index is 12.8. The Bertz CT molecular complexity index is 1010. The zero-order valence-corrected chi connectivity index (χ0v) is 18.4. The van der Waals surface area contributed by atoms with E-state index < -0.39 is 16.1 Å². The van der Waals surface area contributed by atoms with Crippen molar-refractivity contribution >= 4 is 49.7 Å². The minimum atomic E-state index is -3.84. The molecule has 0 heterocycles. The summed E-state index contributed by atoms with van der Waals surface area (Å²) in [6.07, 6.45) is 0.836. The standard InChI is InChI=1S/C20H27ClN4O3S/c1-14(26)19(5-4-10-23-20(22)13-21)24-29(27,28)18-9-7-15-11-17(25(2)3)8-6-16(15)12-18/h6-9,11-12,19,24H,4-5,10,13H2,1-3H3,(H2,22,23)/t19-/m0/s1. The number of nitrogens with zero attached hydrogens (tertiary/aromatic N) is 2. The highest BCUT2D eigenvalue weighted by Gasteiger charge is 2.23. The van der Waals surface area contributed by atoms with Crippen molar-refractivity contribution in [2.24, 2.45) is 10.7 Å². The van der Waals surface area contributed by atoms with Crippen LogP contribution in [0.5, 0.6) is 0 Å². The lowest BCUT2D eigenvalue weighted by Gasteiger charge is -2.17. The molecule has 1 atom stereocenters. The van der Waals surface area contributed by atoms with Gasteiger partial charge in [-0.15, -0.1) is 11.6 Å². The molecule has 9 heteroatoms. The fraction of sp³-hybridized carbons (Fsp3) is 0.400. The third-order valence-corrected chi connectivity index (χ3v) is 6.26. The molecule has 0 unspecified atom stereocenters. The Morgan fingerprint density at radius 1 is 1.21 bits per heavy atom. The number of carbonyl (C=O) groups excluding carboxylic acids is 1. The van der Waals surface area contributed by atoms with Gasteiger partial charge in [0.15, 0.2) is 0 Å². The summed E-state index contributed by atoms with van der Waals surface area (Å²) in [5, 5.41) is 1.75. The van der Waals surface area contributed by atoms with Crippen molar-refractivity contribution in [3.8, 4) is 0 Å². The summed E-state index contributed by atoms with van der Waals surface area (Å²) in [6.45, 7) is 1.75. The Kier molecular flexibility index (Phi) is 8.01. The molecule has 0 aliphatic heterocycles. The summed E-state index contributed by atoms with van der Waals surface area (Å²) >= 11 is 5.56. The maximum Gasteiger partial charge on any atom is 0.241 e. The number of nitrogens with one attached hydrogen (secondary N) is 1. The van der Waals surface area contributed by atoms with Gasteiger partial charge in [-0.05, 0) is 54.8 Å². The minimum absolute atomic E-state index is 0.123. The number of nitrogens with two attached hydrogens (primary N) is 1. The number of sulfonamides is 1. The molecule has 29 heavy (non-hydrogen) atoms. The van der Waals surface area contributed by atoms with Crippen molar-refractivity contribution in [2.75, 3.05) is 31.4 Å². The SMILES string of the molecule is CC(=O)[C@H](CCCN=C(N)CCl)NS(=O)(=O)c1ccc2cc(N(C)C)ccc2c1. The van der Waals surface area contributed by atoms with Crippen LogP contribution >= 0.6 is 11.6 Å². The second-order valence-corrected chi connectivity index (χ2v) is 9.00. The van der Waals surface area contributed by atoms with Gasteiger partial charge < -0.3 is 10.6 Å². The summed E-state index contributed by atoms with van der Waals surface area (Å²) in [4.78, 5) is 18.1. The van der Waals surface area contributed by atoms with Crippen LogP contribution in [-0.2, 0) is 14.8 Å². The summed E-state index contributed by atoms with van der Waals surface area (Å²) < 4.78 is 28.1. The molecule has 0 radical (unpaired) electrons. The van der Waals surface area contributed by atoms with Gasteiger partial charge in [-0.1, -0.05) is 12.1 Å². The fourth-order valence-electron chi connectivity index (χ4n) is 2.82. The third-order valence-electron chi connectivity index (χ3n) is 4.51. The molecule has 0 saturated heterocycles. The van der Waals surface area contributed by atoms with E-state index in [1.807, 2.05) is 37.2 Å². The average Bonchev–Trinajstić information content (AvgIpc) is 2.68. The number of halogens is 1. The van der Waals surface area contributed by atoms with E-state index in [1.165, 1.54) is 6.92 Å². The van der Waals surface area contributed by atoms with Crippen LogP contribution in [0.4, 0.5) is 5.69 Å². The van der Waals surface area contributed by atoms with E-state index in [9.17, 15) is 13.2 Å². The second kappa shape index (κ2) is 10.0. The van der Waals surface area contributed by atoms with Crippen LogP contribution in [0.15, 0.2) is 46.3 Å². The van der Waals surface area contributed by atoms with Gasteiger partial charge in [-0.2, -0.15) is 0 Å². The third kappa shape index (κ3) is 6.42. The van der Waals surface area contributed by atoms with Crippen molar-refractivity contribution in [2.45, 2.75) is 30.7 Å². The number of hydrogen-bond acceptors (Lipinski definition) is 5. The molecule has 0 spiro atoms. The van der Waals surface area contributed by atoms with Gasteiger partial charge in [0.25, 0.3) is 0 Å². The number of alkyl halides is 1. The average molecular weight is 439 g/mol. The van der Waals surface area contributed by atoms with Crippen LogP contribution in [0.1, 0.15) is 19.8 Å². The lowest BCUT2D eigenvalue weighted by Crippen LogP contribution is -2.39. The lowest BCUT2D eigenvalue weighted by molar-refractivity contribution is -0.118. The number of Topliss-reactive ketones (excluding diaryl/α,β-unsaturated/α-hetero) is 1. The normalized spacial score (nSPS) is 13.4. The van der Waals surface area contributed by atoms with Gasteiger partial charge in [-0.3, -0.25) is 9.79 Å². The monoisotopic (exact) mass is 438 g/mol. The van der Waals surface area contributed by atoms with E-state index in [0.29, 0.717) is 25.2 Å². The van der Waals surface area contributed by atoms with Crippen LogP contribution in [0.25, 0.3) is 10.8 Å². The molecule has 2 rings (SSSR count). The van der Waals surface area contributed by atoms with E-state index in [-0.39, 0.29) is 16.6 Å². The minimum Gasteiger partial charge on any atom is -0.386 e. The summed E-state index contributed by atoms with van der Waals surface area (Å²) in [5.74, 6) is 0.209. The van der Waals surface area contributed by atoms with E-state index in [1.54, 1.807) is 18.2 Å². The summed E-state index contributed by atoms with van der Waals surface area (Å²) in [7, 11) is 0.0477. The number of rotatable bonds is 10. The van der Waals surface area contributed by atoms with Crippen molar-refractivity contribution in [3.63, 3.8) is 0 Å². The molecule has 0 saturated carbocycles. The zero-order chi connectivity index (χ0) is 21.6. The van der Waals surface area contributed by atoms with Gasteiger partial charge in [0.2, 0.25) is 10.0 Å². The predicted octanol–water partition coefficient (Wildman–Crippen LogP) is 2.52. The van der Waals surface area contributed by atoms with Crippen LogP contribution in [0.3, 0.4) is 0 Å². The molecular formula is C20H27ClN4O3S. The first-order valence-electron chi connectivity index (χ1n) is 9.22. The smallest absolute Gasteiger partial charge is 0.241 e. The molecule has 7 nitrogen and oxygen atoms in total. The van der Waals surface area contributed by atoms with Crippen molar-refractivity contribution in [3.05, 3.63) is 36.4 Å². The van der Waals surface area contributed by atoms with E-state index in [2.05, 4.69) is 9.71 Å². The van der Waals surface area contributed by atoms with Gasteiger partial charge >= 0.3 is 0 Å². The number of amidine groups is 1. The molecule has 0 bridgehead atoms. The number of fused-ring (bicyclic) bond motifs is 1. The van der Waals surface area contributed by atoms with Crippen LogP contribution in [0.2, 0.25) is 0 Å². The molecule has 0 fully saturated rings.